The lowest BCUT2D eigenvalue weighted by Crippen LogP contribution is -2.33. The van der Waals surface area contributed by atoms with Crippen molar-refractivity contribution in [2.24, 2.45) is 5.84 Å². The molecule has 0 aromatic heterocycles. The summed E-state index contributed by atoms with van der Waals surface area (Å²) >= 11 is 5.84. The molecule has 1 amide bonds. The first-order valence-electron chi connectivity index (χ1n) is 5.97. The number of nitrogens with zero attached hydrogens (tertiary/aromatic N) is 1. The number of amides is 1. The van der Waals surface area contributed by atoms with Crippen LogP contribution in [0, 0.1) is 0 Å². The van der Waals surface area contributed by atoms with Crippen molar-refractivity contribution in [1.82, 2.24) is 10.3 Å². The second kappa shape index (κ2) is 7.36. The van der Waals surface area contributed by atoms with Gasteiger partial charge in [0.05, 0.1) is 0 Å². The summed E-state index contributed by atoms with van der Waals surface area (Å²) in [5.74, 6) is 4.92. The fourth-order valence-corrected chi connectivity index (χ4v) is 1.79. The molecular weight excluding hydrogens is 250 g/mol. The lowest BCUT2D eigenvalue weighted by Gasteiger charge is -2.24. The van der Waals surface area contributed by atoms with Crippen molar-refractivity contribution < 1.29 is 4.79 Å². The average molecular weight is 270 g/mol. The third-order valence-corrected chi connectivity index (χ3v) is 3.30. The highest BCUT2D eigenvalue weighted by atomic mass is 35.5. The monoisotopic (exact) mass is 269 g/mol. The van der Waals surface area contributed by atoms with Gasteiger partial charge in [-0.1, -0.05) is 23.7 Å². The van der Waals surface area contributed by atoms with Crippen molar-refractivity contribution in [2.45, 2.75) is 32.4 Å². The van der Waals surface area contributed by atoms with Gasteiger partial charge in [-0.25, -0.2) is 5.84 Å². The maximum atomic E-state index is 11.1. The SMILES string of the molecule is CC(CCC(=O)NN)N(C)Cc1ccc(Cl)cc1. The minimum absolute atomic E-state index is 0.123. The smallest absolute Gasteiger partial charge is 0.233 e. The van der Waals surface area contributed by atoms with Crippen LogP contribution in [0.3, 0.4) is 0 Å². The van der Waals surface area contributed by atoms with Crippen molar-refractivity contribution in [1.29, 1.82) is 0 Å². The van der Waals surface area contributed by atoms with Crippen LogP contribution in [0.2, 0.25) is 5.02 Å². The van der Waals surface area contributed by atoms with E-state index in [9.17, 15) is 4.79 Å². The van der Waals surface area contributed by atoms with Crippen LogP contribution in [0.25, 0.3) is 0 Å². The van der Waals surface area contributed by atoms with E-state index in [1.807, 2.05) is 31.3 Å². The van der Waals surface area contributed by atoms with Crippen molar-refractivity contribution in [3.63, 3.8) is 0 Å². The number of hydrazine groups is 1. The highest BCUT2D eigenvalue weighted by molar-refractivity contribution is 6.30. The van der Waals surface area contributed by atoms with Crippen LogP contribution in [-0.4, -0.2) is 23.9 Å². The minimum atomic E-state index is -0.123. The molecule has 1 aromatic carbocycles. The summed E-state index contributed by atoms with van der Waals surface area (Å²) in [6, 6.07) is 8.11. The standard InChI is InChI=1S/C13H20ClN3O/c1-10(3-8-13(18)16-15)17(2)9-11-4-6-12(14)7-5-11/h4-7,10H,3,8-9,15H2,1-2H3,(H,16,18). The summed E-state index contributed by atoms with van der Waals surface area (Å²) < 4.78 is 0. The van der Waals surface area contributed by atoms with Crippen molar-refractivity contribution in [3.05, 3.63) is 34.9 Å². The van der Waals surface area contributed by atoms with E-state index in [0.29, 0.717) is 12.5 Å². The Labute approximate surface area is 113 Å². The zero-order chi connectivity index (χ0) is 13.5. The van der Waals surface area contributed by atoms with E-state index in [1.54, 1.807) is 0 Å². The first-order chi connectivity index (χ1) is 8.52. The van der Waals surface area contributed by atoms with E-state index >= 15 is 0 Å². The predicted molar refractivity (Wildman–Crippen MR) is 73.9 cm³/mol. The lowest BCUT2D eigenvalue weighted by atomic mass is 10.1. The molecule has 0 fully saturated rings. The molecule has 4 nitrogen and oxygen atoms in total. The molecule has 0 radical (unpaired) electrons. The molecule has 0 aliphatic rings. The first kappa shape index (κ1) is 15.0. The number of nitrogens with two attached hydrogens (primary N) is 1. The molecule has 1 rings (SSSR count). The number of carbonyl (C=O) groups is 1. The molecule has 0 spiro atoms. The topological polar surface area (TPSA) is 58.4 Å². The second-order valence-corrected chi connectivity index (χ2v) is 4.93. The number of hydrogen-bond donors (Lipinski definition) is 2. The van der Waals surface area contributed by atoms with Gasteiger partial charge in [0.15, 0.2) is 0 Å². The number of halogens is 1. The Bertz CT molecular complexity index is 380. The van der Waals surface area contributed by atoms with E-state index < -0.39 is 0 Å². The van der Waals surface area contributed by atoms with Crippen LogP contribution in [0.5, 0.6) is 0 Å². The van der Waals surface area contributed by atoms with Gasteiger partial charge in [0.2, 0.25) is 5.91 Å². The number of carbonyl (C=O) groups excluding carboxylic acids is 1. The van der Waals surface area contributed by atoms with E-state index in [4.69, 9.17) is 17.4 Å². The highest BCUT2D eigenvalue weighted by Crippen LogP contribution is 2.13. The first-order valence-corrected chi connectivity index (χ1v) is 6.35. The Hall–Kier alpha value is -1.10. The predicted octanol–water partition coefficient (Wildman–Crippen LogP) is 1.93. The van der Waals surface area contributed by atoms with Gasteiger partial charge in [0.25, 0.3) is 0 Å². The van der Waals surface area contributed by atoms with Gasteiger partial charge in [-0.2, -0.15) is 0 Å². The third-order valence-electron chi connectivity index (χ3n) is 3.05. The molecule has 100 valence electrons. The van der Waals surface area contributed by atoms with Gasteiger partial charge in [-0.05, 0) is 38.1 Å². The minimum Gasteiger partial charge on any atom is -0.299 e. The number of nitrogens with one attached hydrogen (secondary N) is 1. The lowest BCUT2D eigenvalue weighted by molar-refractivity contribution is -0.121. The Morgan fingerprint density at radius 2 is 2.06 bits per heavy atom. The van der Waals surface area contributed by atoms with Gasteiger partial charge in [-0.15, -0.1) is 0 Å². The summed E-state index contributed by atoms with van der Waals surface area (Å²) in [5, 5.41) is 0.745. The summed E-state index contributed by atoms with van der Waals surface area (Å²) in [5.41, 5.74) is 3.35. The third kappa shape index (κ3) is 5.04. The fraction of sp³-hybridized carbons (Fsp3) is 0.462. The summed E-state index contributed by atoms with van der Waals surface area (Å²) in [7, 11) is 2.04. The zero-order valence-corrected chi connectivity index (χ0v) is 11.6. The largest absolute Gasteiger partial charge is 0.299 e. The van der Waals surface area contributed by atoms with E-state index in [1.165, 1.54) is 5.56 Å². The Balaban J connectivity index is 2.41. The quantitative estimate of drug-likeness (QED) is 0.471. The van der Waals surface area contributed by atoms with Crippen molar-refractivity contribution in [2.75, 3.05) is 7.05 Å². The van der Waals surface area contributed by atoms with Crippen LogP contribution >= 0.6 is 11.6 Å². The molecule has 0 aliphatic carbocycles. The van der Waals surface area contributed by atoms with Crippen LogP contribution in [-0.2, 0) is 11.3 Å². The molecule has 0 saturated carbocycles. The Kier molecular flexibility index (Phi) is 6.12. The normalized spacial score (nSPS) is 12.5. The molecule has 1 unspecified atom stereocenters. The maximum Gasteiger partial charge on any atom is 0.233 e. The number of rotatable bonds is 6. The van der Waals surface area contributed by atoms with Gasteiger partial charge < -0.3 is 0 Å². The van der Waals surface area contributed by atoms with E-state index in [-0.39, 0.29) is 5.91 Å². The Morgan fingerprint density at radius 1 is 1.44 bits per heavy atom. The zero-order valence-electron chi connectivity index (χ0n) is 10.8. The van der Waals surface area contributed by atoms with Crippen molar-refractivity contribution in [3.8, 4) is 0 Å². The van der Waals surface area contributed by atoms with Crippen LogP contribution in [0.15, 0.2) is 24.3 Å². The highest BCUT2D eigenvalue weighted by Gasteiger charge is 2.11. The molecule has 0 saturated heterocycles. The fourth-order valence-electron chi connectivity index (χ4n) is 1.67. The van der Waals surface area contributed by atoms with E-state index in [2.05, 4.69) is 17.2 Å². The van der Waals surface area contributed by atoms with Crippen LogP contribution in [0.1, 0.15) is 25.3 Å². The van der Waals surface area contributed by atoms with Crippen molar-refractivity contribution >= 4 is 17.5 Å². The number of benzene rings is 1. The molecule has 0 heterocycles. The molecule has 0 aliphatic heterocycles. The molecule has 0 bridgehead atoms. The van der Waals surface area contributed by atoms with Gasteiger partial charge in [0, 0.05) is 24.0 Å². The average Bonchev–Trinajstić information content (AvgIpc) is 2.38. The van der Waals surface area contributed by atoms with Crippen LogP contribution in [0.4, 0.5) is 0 Å². The van der Waals surface area contributed by atoms with Crippen LogP contribution < -0.4 is 11.3 Å². The Morgan fingerprint density at radius 3 is 2.61 bits per heavy atom. The molecule has 5 heteroatoms. The van der Waals surface area contributed by atoms with Gasteiger partial charge >= 0.3 is 0 Å². The molecule has 18 heavy (non-hydrogen) atoms. The van der Waals surface area contributed by atoms with Gasteiger partial charge in [0.1, 0.15) is 0 Å². The summed E-state index contributed by atoms with van der Waals surface area (Å²) in [4.78, 5) is 13.3. The summed E-state index contributed by atoms with van der Waals surface area (Å²) in [6.45, 7) is 2.93. The molecule has 1 atom stereocenters. The molecular formula is C13H20ClN3O. The van der Waals surface area contributed by atoms with Gasteiger partial charge in [-0.3, -0.25) is 15.1 Å². The number of hydrogen-bond acceptors (Lipinski definition) is 3. The molecule has 3 N–H and O–H groups in total. The maximum absolute atomic E-state index is 11.1. The molecule has 1 aromatic rings. The second-order valence-electron chi connectivity index (χ2n) is 4.50. The summed E-state index contributed by atoms with van der Waals surface area (Å²) in [6.07, 6.45) is 1.23. The van der Waals surface area contributed by atoms with E-state index in [0.717, 1.165) is 18.0 Å².